The zero-order valence-electron chi connectivity index (χ0n) is 19.1. The van der Waals surface area contributed by atoms with Gasteiger partial charge in [0.2, 0.25) is 0 Å². The lowest BCUT2D eigenvalue weighted by Crippen LogP contribution is -2.45. The van der Waals surface area contributed by atoms with Crippen molar-refractivity contribution < 1.29 is 0 Å². The lowest BCUT2D eigenvalue weighted by molar-refractivity contribution is 0.187. The fraction of sp³-hybridized carbons (Fsp3) is 0.296. The smallest absolute Gasteiger partial charge is 0.260 e. The molecule has 7 nitrogen and oxygen atoms in total. The second-order valence-corrected chi connectivity index (χ2v) is 9.51. The number of H-pyrrole nitrogens is 1. The van der Waals surface area contributed by atoms with Crippen molar-refractivity contribution >= 4 is 16.7 Å². The van der Waals surface area contributed by atoms with Crippen LogP contribution in [0.25, 0.3) is 16.6 Å². The van der Waals surface area contributed by atoms with E-state index in [4.69, 9.17) is 17.1 Å². The molecule has 1 spiro atoms. The third-order valence-electron chi connectivity index (χ3n) is 7.71. The molecule has 1 atom stereocenters. The molecule has 3 heterocycles. The van der Waals surface area contributed by atoms with Gasteiger partial charge in [-0.05, 0) is 67.0 Å². The second-order valence-electron chi connectivity index (χ2n) is 9.51. The number of nitrogens with two attached hydrogens (primary N) is 1. The van der Waals surface area contributed by atoms with Crippen LogP contribution in [-0.4, -0.2) is 32.8 Å². The van der Waals surface area contributed by atoms with Gasteiger partial charge in [-0.25, -0.2) is 4.98 Å². The highest BCUT2D eigenvalue weighted by Gasteiger charge is 2.46. The number of aromatic amines is 1. The molecule has 1 fully saturated rings. The summed E-state index contributed by atoms with van der Waals surface area (Å²) in [5, 5.41) is 7.97. The Hall–Kier alpha value is -3.89. The first-order chi connectivity index (χ1) is 16.5. The highest BCUT2D eigenvalue weighted by Crippen LogP contribution is 2.51. The average Bonchev–Trinajstić information content (AvgIpc) is 3.42. The van der Waals surface area contributed by atoms with Crippen LogP contribution in [0.15, 0.2) is 53.5 Å². The first kappa shape index (κ1) is 20.7. The van der Waals surface area contributed by atoms with Crippen LogP contribution in [0, 0.1) is 24.7 Å². The summed E-state index contributed by atoms with van der Waals surface area (Å²) >= 11 is 0. The van der Waals surface area contributed by atoms with Crippen molar-refractivity contribution in [3.05, 3.63) is 81.5 Å². The van der Waals surface area contributed by atoms with Crippen molar-refractivity contribution in [2.75, 3.05) is 18.0 Å². The summed E-state index contributed by atoms with van der Waals surface area (Å²) in [4.78, 5) is 20.2. The SMILES string of the molecule is C#Cc1ccc2c(c1)[C@@H](N)C1(CCN(c3cc(=O)n(-c4cccc5[nH]ncc45)c(C)n3)CC1)C2. The van der Waals surface area contributed by atoms with E-state index in [1.807, 2.05) is 31.2 Å². The quantitative estimate of drug-likeness (QED) is 0.458. The molecule has 1 aliphatic heterocycles. The molecule has 0 saturated carbocycles. The number of hydrogen-bond acceptors (Lipinski definition) is 5. The van der Waals surface area contributed by atoms with Gasteiger partial charge in [-0.3, -0.25) is 14.5 Å². The zero-order valence-corrected chi connectivity index (χ0v) is 19.1. The number of terminal acetylenes is 1. The molecule has 170 valence electrons. The number of piperidine rings is 1. The lowest BCUT2D eigenvalue weighted by Gasteiger charge is -2.42. The van der Waals surface area contributed by atoms with Crippen molar-refractivity contribution in [3.8, 4) is 18.0 Å². The lowest BCUT2D eigenvalue weighted by atomic mass is 9.73. The molecule has 6 rings (SSSR count). The Labute approximate surface area is 197 Å². The van der Waals surface area contributed by atoms with Gasteiger partial charge in [-0.2, -0.15) is 5.10 Å². The van der Waals surface area contributed by atoms with Crippen LogP contribution in [0.5, 0.6) is 0 Å². The minimum Gasteiger partial charge on any atom is -0.356 e. The molecule has 0 unspecified atom stereocenters. The summed E-state index contributed by atoms with van der Waals surface area (Å²) in [5.74, 6) is 4.11. The normalized spacial score (nSPS) is 18.9. The molecule has 2 aromatic carbocycles. The topological polar surface area (TPSA) is 92.8 Å². The molecule has 1 aliphatic carbocycles. The van der Waals surface area contributed by atoms with Crippen molar-refractivity contribution in [1.29, 1.82) is 0 Å². The Bertz CT molecular complexity index is 1520. The number of anilines is 1. The van der Waals surface area contributed by atoms with Crippen LogP contribution in [0.3, 0.4) is 0 Å². The van der Waals surface area contributed by atoms with Crippen molar-refractivity contribution in [2.45, 2.75) is 32.2 Å². The fourth-order valence-electron chi connectivity index (χ4n) is 5.81. The van der Waals surface area contributed by atoms with E-state index in [1.54, 1.807) is 16.8 Å². The monoisotopic (exact) mass is 450 g/mol. The molecule has 0 radical (unpaired) electrons. The summed E-state index contributed by atoms with van der Waals surface area (Å²) in [7, 11) is 0. The minimum absolute atomic E-state index is 0.0175. The molecule has 0 amide bonds. The van der Waals surface area contributed by atoms with Crippen LogP contribution in [0.1, 0.15) is 41.4 Å². The number of benzene rings is 2. The maximum Gasteiger partial charge on any atom is 0.260 e. The number of rotatable bonds is 2. The van der Waals surface area contributed by atoms with Gasteiger partial charge in [-0.1, -0.05) is 18.1 Å². The van der Waals surface area contributed by atoms with Gasteiger partial charge in [0.25, 0.3) is 5.56 Å². The van der Waals surface area contributed by atoms with Gasteiger partial charge < -0.3 is 10.6 Å². The van der Waals surface area contributed by atoms with E-state index in [0.717, 1.165) is 60.3 Å². The van der Waals surface area contributed by atoms with Gasteiger partial charge in [-0.15, -0.1) is 6.42 Å². The number of nitrogens with one attached hydrogen (secondary N) is 1. The first-order valence-electron chi connectivity index (χ1n) is 11.6. The molecule has 1 saturated heterocycles. The van der Waals surface area contributed by atoms with E-state index in [0.29, 0.717) is 5.82 Å². The third-order valence-corrected chi connectivity index (χ3v) is 7.71. The molecule has 7 heteroatoms. The highest BCUT2D eigenvalue weighted by molar-refractivity contribution is 5.86. The Morgan fingerprint density at radius 2 is 2.03 bits per heavy atom. The molecular weight excluding hydrogens is 424 g/mol. The maximum atomic E-state index is 13.2. The van der Waals surface area contributed by atoms with Crippen molar-refractivity contribution in [3.63, 3.8) is 0 Å². The van der Waals surface area contributed by atoms with Crippen LogP contribution in [-0.2, 0) is 6.42 Å². The van der Waals surface area contributed by atoms with Gasteiger partial charge >= 0.3 is 0 Å². The summed E-state index contributed by atoms with van der Waals surface area (Å²) in [5.41, 5.74) is 11.8. The fourth-order valence-corrected chi connectivity index (χ4v) is 5.81. The molecule has 2 aromatic heterocycles. The summed E-state index contributed by atoms with van der Waals surface area (Å²) in [6.07, 6.45) is 10.2. The summed E-state index contributed by atoms with van der Waals surface area (Å²) in [6.45, 7) is 3.51. The molecular formula is C27H26N6O. The molecule has 3 N–H and O–H groups in total. The predicted octanol–water partition coefficient (Wildman–Crippen LogP) is 3.24. The average molecular weight is 451 g/mol. The van der Waals surface area contributed by atoms with Crippen LogP contribution >= 0.6 is 0 Å². The molecule has 4 aromatic rings. The summed E-state index contributed by atoms with van der Waals surface area (Å²) < 4.78 is 1.65. The van der Waals surface area contributed by atoms with Gasteiger partial charge in [0.15, 0.2) is 0 Å². The molecule has 2 aliphatic rings. The van der Waals surface area contributed by atoms with E-state index in [2.05, 4.69) is 33.2 Å². The second kappa shape index (κ2) is 7.57. The van der Waals surface area contributed by atoms with Crippen LogP contribution in [0.4, 0.5) is 5.82 Å². The van der Waals surface area contributed by atoms with Gasteiger partial charge in [0.1, 0.15) is 11.6 Å². The Morgan fingerprint density at radius 1 is 1.21 bits per heavy atom. The zero-order chi connectivity index (χ0) is 23.4. The Balaban J connectivity index is 1.26. The van der Waals surface area contributed by atoms with Crippen LogP contribution < -0.4 is 16.2 Å². The minimum atomic E-state index is -0.0942. The number of fused-ring (bicyclic) bond motifs is 2. The van der Waals surface area contributed by atoms with Gasteiger partial charge in [0, 0.05) is 36.1 Å². The highest BCUT2D eigenvalue weighted by atomic mass is 16.1. The van der Waals surface area contributed by atoms with Gasteiger partial charge in [0.05, 0.1) is 17.4 Å². The maximum absolute atomic E-state index is 13.2. The van der Waals surface area contributed by atoms with Crippen molar-refractivity contribution in [2.24, 2.45) is 11.1 Å². The largest absolute Gasteiger partial charge is 0.356 e. The summed E-state index contributed by atoms with van der Waals surface area (Å²) in [6, 6.07) is 13.6. The first-order valence-corrected chi connectivity index (χ1v) is 11.6. The number of nitrogens with zero attached hydrogens (tertiary/aromatic N) is 4. The van der Waals surface area contributed by atoms with Crippen molar-refractivity contribution in [1.82, 2.24) is 19.7 Å². The standard InChI is InChI=1S/C27H26N6O/c1-3-18-7-8-19-15-27(26(28)20(19)13-18)9-11-32(12-10-27)24-14-25(34)33(17(2)30-24)23-6-4-5-22-21(23)16-29-31-22/h1,4-8,13-14,16,26H,9-12,15,28H2,2H3,(H,29,31)/t26-/m1/s1. The molecule has 0 bridgehead atoms. The van der Waals surface area contributed by atoms with E-state index in [1.165, 1.54) is 11.1 Å². The Kier molecular flexibility index (Phi) is 4.61. The predicted molar refractivity (Wildman–Crippen MR) is 133 cm³/mol. The van der Waals surface area contributed by atoms with E-state index >= 15 is 0 Å². The number of aryl methyl sites for hydroxylation is 1. The third kappa shape index (κ3) is 3.06. The number of aromatic nitrogens is 4. The van der Waals surface area contributed by atoms with Crippen LogP contribution in [0.2, 0.25) is 0 Å². The van der Waals surface area contributed by atoms with E-state index in [9.17, 15) is 4.79 Å². The number of hydrogen-bond donors (Lipinski definition) is 2. The van der Waals surface area contributed by atoms with E-state index < -0.39 is 0 Å². The Morgan fingerprint density at radius 3 is 2.79 bits per heavy atom. The van der Waals surface area contributed by atoms with E-state index in [-0.39, 0.29) is 17.0 Å². The molecule has 34 heavy (non-hydrogen) atoms.